The standard InChI is InChI=1S/C23H25FN4O2/c24-20-3-7-22(8-4-20)30-21-5-1-19(2-6-21)23-15-18(9-11-27-23)16-26-12-14-28(17-29)13-10-25/h1-9,11,15,17,26H,10,12-14,16,25H2. The van der Waals surface area contributed by atoms with E-state index in [0.717, 1.165) is 23.2 Å². The second kappa shape index (κ2) is 11.0. The molecular formula is C23H25FN4O2. The zero-order valence-corrected chi connectivity index (χ0v) is 16.6. The van der Waals surface area contributed by atoms with Gasteiger partial charge in [0.25, 0.3) is 0 Å². The molecule has 0 aliphatic rings. The van der Waals surface area contributed by atoms with Crippen molar-refractivity contribution in [2.75, 3.05) is 26.2 Å². The van der Waals surface area contributed by atoms with Gasteiger partial charge in [-0.05, 0) is 66.2 Å². The van der Waals surface area contributed by atoms with Gasteiger partial charge in [-0.2, -0.15) is 0 Å². The summed E-state index contributed by atoms with van der Waals surface area (Å²) in [6.45, 7) is 3.00. The van der Waals surface area contributed by atoms with Crippen molar-refractivity contribution in [2.24, 2.45) is 5.73 Å². The number of amides is 1. The third-order valence-electron chi connectivity index (χ3n) is 4.49. The summed E-state index contributed by atoms with van der Waals surface area (Å²) in [7, 11) is 0. The molecule has 0 spiro atoms. The van der Waals surface area contributed by atoms with Gasteiger partial charge in [-0.3, -0.25) is 9.78 Å². The van der Waals surface area contributed by atoms with Crippen molar-refractivity contribution in [3.63, 3.8) is 0 Å². The van der Waals surface area contributed by atoms with Gasteiger partial charge < -0.3 is 20.7 Å². The Kier molecular flexibility index (Phi) is 7.88. The Bertz CT molecular complexity index is 933. The molecule has 0 saturated carbocycles. The van der Waals surface area contributed by atoms with Crippen molar-refractivity contribution in [1.82, 2.24) is 15.2 Å². The molecule has 0 radical (unpaired) electrons. The molecule has 0 unspecified atom stereocenters. The number of benzene rings is 2. The number of nitrogens with zero attached hydrogens (tertiary/aromatic N) is 2. The van der Waals surface area contributed by atoms with Gasteiger partial charge in [-0.15, -0.1) is 0 Å². The first kappa shape index (κ1) is 21.4. The summed E-state index contributed by atoms with van der Waals surface area (Å²) in [5.41, 5.74) is 8.41. The van der Waals surface area contributed by atoms with E-state index in [4.69, 9.17) is 10.5 Å². The average molecular weight is 408 g/mol. The largest absolute Gasteiger partial charge is 0.457 e. The van der Waals surface area contributed by atoms with Crippen LogP contribution in [-0.2, 0) is 11.3 Å². The molecule has 1 heterocycles. The fourth-order valence-corrected chi connectivity index (χ4v) is 2.91. The number of hydrogen-bond donors (Lipinski definition) is 2. The van der Waals surface area contributed by atoms with Crippen LogP contribution in [0.25, 0.3) is 11.3 Å². The SMILES string of the molecule is NCCN(C=O)CCNCc1ccnc(-c2ccc(Oc3ccc(F)cc3)cc2)c1. The second-order valence-corrected chi connectivity index (χ2v) is 6.74. The molecule has 3 rings (SSSR count). The maximum atomic E-state index is 13.0. The number of nitrogens with one attached hydrogen (secondary N) is 1. The molecule has 6 nitrogen and oxygen atoms in total. The molecule has 0 fully saturated rings. The number of rotatable bonds is 11. The number of carbonyl (C=O) groups is 1. The van der Waals surface area contributed by atoms with E-state index in [9.17, 15) is 9.18 Å². The van der Waals surface area contributed by atoms with Crippen molar-refractivity contribution < 1.29 is 13.9 Å². The van der Waals surface area contributed by atoms with E-state index in [1.165, 1.54) is 12.1 Å². The van der Waals surface area contributed by atoms with Gasteiger partial charge in [0.2, 0.25) is 6.41 Å². The molecule has 3 aromatic rings. The van der Waals surface area contributed by atoms with Crippen LogP contribution < -0.4 is 15.8 Å². The Balaban J connectivity index is 1.56. The van der Waals surface area contributed by atoms with Crippen LogP contribution in [0.1, 0.15) is 5.56 Å². The smallest absolute Gasteiger partial charge is 0.209 e. The van der Waals surface area contributed by atoms with Crippen LogP contribution in [0.15, 0.2) is 66.9 Å². The highest BCUT2D eigenvalue weighted by molar-refractivity contribution is 5.60. The third-order valence-corrected chi connectivity index (χ3v) is 4.49. The monoisotopic (exact) mass is 408 g/mol. The average Bonchev–Trinajstić information content (AvgIpc) is 2.78. The Hall–Kier alpha value is -3.29. The van der Waals surface area contributed by atoms with E-state index in [1.807, 2.05) is 36.4 Å². The van der Waals surface area contributed by atoms with E-state index in [1.54, 1.807) is 23.2 Å². The molecule has 30 heavy (non-hydrogen) atoms. The van der Waals surface area contributed by atoms with E-state index in [0.29, 0.717) is 44.2 Å². The first-order valence-corrected chi connectivity index (χ1v) is 9.77. The maximum Gasteiger partial charge on any atom is 0.209 e. The number of halogens is 1. The lowest BCUT2D eigenvalue weighted by Crippen LogP contribution is -2.34. The van der Waals surface area contributed by atoms with Crippen LogP contribution in [0.5, 0.6) is 11.5 Å². The summed E-state index contributed by atoms with van der Waals surface area (Å²) < 4.78 is 18.7. The van der Waals surface area contributed by atoms with Crippen molar-refractivity contribution in [3.05, 3.63) is 78.2 Å². The molecule has 156 valence electrons. The zero-order chi connectivity index (χ0) is 21.2. The minimum absolute atomic E-state index is 0.297. The minimum atomic E-state index is -0.297. The normalized spacial score (nSPS) is 10.6. The van der Waals surface area contributed by atoms with Crippen LogP contribution >= 0.6 is 0 Å². The molecule has 0 aliphatic heterocycles. The Morgan fingerprint density at radius 3 is 2.40 bits per heavy atom. The minimum Gasteiger partial charge on any atom is -0.457 e. The predicted octanol–water partition coefficient (Wildman–Crippen LogP) is 3.19. The molecule has 0 saturated heterocycles. The lowest BCUT2D eigenvalue weighted by molar-refractivity contribution is -0.118. The molecule has 0 aliphatic carbocycles. The fourth-order valence-electron chi connectivity index (χ4n) is 2.91. The topological polar surface area (TPSA) is 80.5 Å². The molecule has 0 bridgehead atoms. The predicted molar refractivity (Wildman–Crippen MR) is 115 cm³/mol. The van der Waals surface area contributed by atoms with Crippen LogP contribution in [0.3, 0.4) is 0 Å². The van der Waals surface area contributed by atoms with Gasteiger partial charge in [0.05, 0.1) is 5.69 Å². The highest BCUT2D eigenvalue weighted by Crippen LogP contribution is 2.25. The molecule has 2 aromatic carbocycles. The van der Waals surface area contributed by atoms with E-state index in [2.05, 4.69) is 10.3 Å². The number of nitrogens with two attached hydrogens (primary N) is 1. The fraction of sp³-hybridized carbons (Fsp3) is 0.217. The van der Waals surface area contributed by atoms with E-state index >= 15 is 0 Å². The maximum absolute atomic E-state index is 13.0. The van der Waals surface area contributed by atoms with Crippen LogP contribution in [-0.4, -0.2) is 42.5 Å². The van der Waals surface area contributed by atoms with Crippen molar-refractivity contribution in [1.29, 1.82) is 0 Å². The van der Waals surface area contributed by atoms with Gasteiger partial charge >= 0.3 is 0 Å². The molecule has 7 heteroatoms. The molecule has 1 amide bonds. The van der Waals surface area contributed by atoms with Gasteiger partial charge in [0, 0.05) is 44.5 Å². The summed E-state index contributed by atoms with van der Waals surface area (Å²) >= 11 is 0. The molecule has 3 N–H and O–H groups in total. The highest BCUT2D eigenvalue weighted by Gasteiger charge is 2.04. The van der Waals surface area contributed by atoms with Crippen LogP contribution in [0, 0.1) is 5.82 Å². The second-order valence-electron chi connectivity index (χ2n) is 6.74. The van der Waals surface area contributed by atoms with Crippen molar-refractivity contribution in [2.45, 2.75) is 6.54 Å². The van der Waals surface area contributed by atoms with Gasteiger partial charge in [-0.25, -0.2) is 4.39 Å². The van der Waals surface area contributed by atoms with E-state index in [-0.39, 0.29) is 5.82 Å². The van der Waals surface area contributed by atoms with Crippen molar-refractivity contribution in [3.8, 4) is 22.8 Å². The van der Waals surface area contributed by atoms with Crippen LogP contribution in [0.2, 0.25) is 0 Å². The number of hydrogen-bond acceptors (Lipinski definition) is 5. The molecule has 1 aromatic heterocycles. The quantitative estimate of drug-likeness (QED) is 0.376. The summed E-state index contributed by atoms with van der Waals surface area (Å²) in [6, 6.07) is 17.5. The van der Waals surface area contributed by atoms with Gasteiger partial charge in [-0.1, -0.05) is 0 Å². The summed E-state index contributed by atoms with van der Waals surface area (Å²) in [5.74, 6) is 0.949. The lowest BCUT2D eigenvalue weighted by Gasteiger charge is -2.16. The summed E-state index contributed by atoms with van der Waals surface area (Å²) in [4.78, 5) is 17.0. The lowest BCUT2D eigenvalue weighted by atomic mass is 10.1. The van der Waals surface area contributed by atoms with Crippen molar-refractivity contribution >= 4 is 6.41 Å². The first-order valence-electron chi connectivity index (χ1n) is 9.77. The number of pyridine rings is 1. The van der Waals surface area contributed by atoms with Gasteiger partial charge in [0.1, 0.15) is 17.3 Å². The third kappa shape index (κ3) is 6.37. The first-order chi connectivity index (χ1) is 14.7. The Labute approximate surface area is 175 Å². The summed E-state index contributed by atoms with van der Waals surface area (Å²) in [6.07, 6.45) is 2.60. The number of carbonyl (C=O) groups excluding carboxylic acids is 1. The van der Waals surface area contributed by atoms with Gasteiger partial charge in [0.15, 0.2) is 0 Å². The number of ether oxygens (including phenoxy) is 1. The van der Waals surface area contributed by atoms with Crippen LogP contribution in [0.4, 0.5) is 4.39 Å². The Morgan fingerprint density at radius 1 is 1.03 bits per heavy atom. The zero-order valence-electron chi connectivity index (χ0n) is 16.6. The number of aromatic nitrogens is 1. The van der Waals surface area contributed by atoms with E-state index < -0.39 is 0 Å². The Morgan fingerprint density at radius 2 is 1.73 bits per heavy atom. The molecule has 0 atom stereocenters. The highest BCUT2D eigenvalue weighted by atomic mass is 19.1. The summed E-state index contributed by atoms with van der Waals surface area (Å²) in [5, 5.41) is 3.33. The molecular weight excluding hydrogens is 383 g/mol.